The van der Waals surface area contributed by atoms with Crippen LogP contribution in [0.1, 0.15) is 0 Å². The molecule has 0 N–H and O–H groups in total. The van der Waals surface area contributed by atoms with Crippen molar-refractivity contribution in [2.75, 3.05) is 0 Å². The largest absolute Gasteiger partial charge is 2.00 e. The number of hydrogen-bond acceptors (Lipinski definition) is 1. The van der Waals surface area contributed by atoms with Crippen LogP contribution in [0.4, 0.5) is 0 Å². The van der Waals surface area contributed by atoms with Crippen molar-refractivity contribution in [2.24, 2.45) is 0 Å². The van der Waals surface area contributed by atoms with Gasteiger partial charge in [0.1, 0.15) is 0 Å². The van der Waals surface area contributed by atoms with Gasteiger partial charge in [0.2, 0.25) is 0 Å². The maximum atomic E-state index is 2.90. The van der Waals surface area contributed by atoms with Gasteiger partial charge in [-0.2, -0.15) is 11.4 Å². The molecule has 1 rings (SSSR count). The van der Waals surface area contributed by atoms with Crippen LogP contribution >= 0.6 is 28.3 Å². The van der Waals surface area contributed by atoms with Gasteiger partial charge in [0.25, 0.3) is 0 Å². The minimum Gasteiger partial charge on any atom is -0.358 e. The molecular weight excluding hydrogens is 237 g/mol. The van der Waals surface area contributed by atoms with Crippen LogP contribution in [-0.4, -0.2) is 0 Å². The summed E-state index contributed by atoms with van der Waals surface area (Å²) in [5, 5.41) is 4.89. The van der Waals surface area contributed by atoms with E-state index >= 15 is 0 Å². The van der Waals surface area contributed by atoms with Gasteiger partial charge < -0.3 is 18.8 Å². The molecule has 0 aromatic carbocycles. The quantitative estimate of drug-likeness (QED) is 0.486. The van der Waals surface area contributed by atoms with Crippen LogP contribution in [0.5, 0.6) is 0 Å². The Morgan fingerprint density at radius 3 is 2.12 bits per heavy atom. The van der Waals surface area contributed by atoms with Crippen molar-refractivity contribution in [3.05, 3.63) is 30.3 Å². The van der Waals surface area contributed by atoms with Crippen LogP contribution in [0.3, 0.4) is 0 Å². The van der Waals surface area contributed by atoms with E-state index < -0.39 is 0 Å². The minimum absolute atomic E-state index is 0. The fourth-order valence-corrected chi connectivity index (χ4v) is 0.589. The normalized spacial score (nSPS) is 5.00. The van der Waals surface area contributed by atoms with Gasteiger partial charge in [-0.1, -0.05) is 0 Å². The van der Waals surface area contributed by atoms with E-state index in [9.17, 15) is 0 Å². The average molecular weight is 244 g/mol. The third-order valence-corrected chi connectivity index (χ3v) is 0.944. The third-order valence-electron chi connectivity index (χ3n) is 0.379. The fourth-order valence-electron chi connectivity index (χ4n) is 0.196. The number of rotatable bonds is 0. The zero-order chi connectivity index (χ0) is 3.54. The van der Waals surface area contributed by atoms with Crippen LogP contribution in [0, 0.1) is 12.8 Å². The molecule has 0 bridgehead atoms. The van der Waals surface area contributed by atoms with Gasteiger partial charge in [-0.05, 0) is 0 Å². The number of halogens is 1. The molecule has 1 heterocycles. The monoisotopic (exact) mass is 242 g/mol. The molecule has 42 valence electrons. The van der Waals surface area contributed by atoms with Crippen molar-refractivity contribution in [1.29, 1.82) is 0 Å². The summed E-state index contributed by atoms with van der Waals surface area (Å²) in [5.74, 6) is 0. The van der Waals surface area contributed by atoms with Gasteiger partial charge in [-0.25, -0.2) is 6.07 Å². The van der Waals surface area contributed by atoms with E-state index in [1.165, 1.54) is 0 Å². The molecule has 0 saturated carbocycles. The first-order valence-electron chi connectivity index (χ1n) is 1.40. The summed E-state index contributed by atoms with van der Waals surface area (Å²) in [7, 11) is 0. The van der Waals surface area contributed by atoms with Crippen molar-refractivity contribution in [1.82, 2.24) is 0 Å². The van der Waals surface area contributed by atoms with Crippen molar-refractivity contribution in [3.63, 3.8) is 0 Å². The molecule has 0 unspecified atom stereocenters. The van der Waals surface area contributed by atoms with Crippen molar-refractivity contribution < 1.29 is 19.5 Å². The molecule has 1 aromatic rings. The van der Waals surface area contributed by atoms with E-state index in [1.807, 2.05) is 17.5 Å². The molecule has 3 heteroatoms. The molecule has 0 aliphatic heterocycles. The van der Waals surface area contributed by atoms with Gasteiger partial charge in [-0.3, -0.25) is 0 Å². The second-order valence-corrected chi connectivity index (χ2v) is 1.47. The van der Waals surface area contributed by atoms with Crippen LogP contribution in [0.2, 0.25) is 0 Å². The Kier molecular flexibility index (Phi) is 21.3. The summed E-state index contributed by atoms with van der Waals surface area (Å²) < 4.78 is 0. The Morgan fingerprint density at radius 2 is 2.00 bits per heavy atom. The topological polar surface area (TPSA) is 0 Å². The summed E-state index contributed by atoms with van der Waals surface area (Å²) in [5.41, 5.74) is 0. The first-order valence-corrected chi connectivity index (χ1v) is 2.27. The van der Waals surface area contributed by atoms with E-state index in [1.54, 1.807) is 11.3 Å². The van der Waals surface area contributed by atoms with Gasteiger partial charge in [0, 0.05) is 0 Å². The molecule has 0 aliphatic rings. The molecule has 0 atom stereocenters. The molecule has 1 aromatic heterocycles. The maximum Gasteiger partial charge on any atom is 2.00 e. The van der Waals surface area contributed by atoms with E-state index in [4.69, 9.17) is 0 Å². The Balaban J connectivity index is -0.0000000833. The van der Waals surface area contributed by atoms with Crippen LogP contribution in [0.15, 0.2) is 17.5 Å². The van der Waals surface area contributed by atoms with Gasteiger partial charge in [0.05, 0.1) is 0 Å². The zero-order valence-electron chi connectivity index (χ0n) is 4.76. The predicted octanol–water partition coefficient (Wildman–Crippen LogP) is 2.57. The zero-order valence-corrected chi connectivity index (χ0v) is 10.3. The summed E-state index contributed by atoms with van der Waals surface area (Å²) in [6.45, 7) is 0. The summed E-state index contributed by atoms with van der Waals surface area (Å²) in [6.07, 6.45) is 0. The van der Waals surface area contributed by atoms with Crippen molar-refractivity contribution >= 4 is 28.3 Å². The van der Waals surface area contributed by atoms with Gasteiger partial charge in [0.15, 0.2) is 0 Å². The number of hydrogen-bond donors (Lipinski definition) is 0. The summed E-state index contributed by atoms with van der Waals surface area (Å²) >= 11 is 1.59. The molecule has 0 radical (unpaired) electrons. The summed E-state index contributed by atoms with van der Waals surface area (Å²) in [4.78, 5) is 0. The Labute approximate surface area is 77.8 Å². The predicted molar refractivity (Wildman–Crippen MR) is 39.9 cm³/mol. The Morgan fingerprint density at radius 1 is 1.38 bits per heavy atom. The second-order valence-electron chi connectivity index (χ2n) is 0.731. The molecule has 0 fully saturated rings. The first kappa shape index (κ1) is 15.9. The van der Waals surface area contributed by atoms with Gasteiger partial charge in [-0.15, -0.1) is 22.4 Å². The van der Waals surface area contributed by atoms with Gasteiger partial charge >= 0.3 is 19.5 Å². The maximum absolute atomic E-state index is 2.90. The van der Waals surface area contributed by atoms with E-state index in [-0.39, 0.29) is 43.9 Å². The van der Waals surface area contributed by atoms with Crippen LogP contribution < -0.4 is 0 Å². The molecular formula is C5H7BrSZn. The van der Waals surface area contributed by atoms with E-state index in [2.05, 4.69) is 5.38 Å². The SMILES string of the molecule is Br.[CH3-].[Zn+2].[c-]1cccs1. The average Bonchev–Trinajstić information content (AvgIpc) is 1.76. The fraction of sp³-hybridized carbons (Fsp3) is 0. The van der Waals surface area contributed by atoms with Crippen molar-refractivity contribution in [2.45, 2.75) is 0 Å². The molecule has 0 nitrogen and oxygen atoms in total. The first-order chi connectivity index (χ1) is 2.50. The Hall–Kier alpha value is 0.803. The smallest absolute Gasteiger partial charge is 0.358 e. The van der Waals surface area contributed by atoms with Crippen molar-refractivity contribution in [3.8, 4) is 0 Å². The minimum atomic E-state index is 0. The molecule has 0 saturated heterocycles. The molecule has 0 aliphatic carbocycles. The van der Waals surface area contributed by atoms with Crippen LogP contribution in [0.25, 0.3) is 0 Å². The second kappa shape index (κ2) is 10.7. The number of thiophene rings is 1. The third kappa shape index (κ3) is 6.80. The molecule has 0 spiro atoms. The standard InChI is InChI=1S/C4H3S.CH3.BrH.Zn/c1-2-4-5-3-1;;;/h1-3H;1H3;1H;/q2*-1;;+2. The molecule has 0 amide bonds. The summed E-state index contributed by atoms with van der Waals surface area (Å²) in [6, 6.07) is 3.86. The van der Waals surface area contributed by atoms with E-state index in [0.29, 0.717) is 0 Å². The molecule has 8 heavy (non-hydrogen) atoms. The van der Waals surface area contributed by atoms with Crippen LogP contribution in [-0.2, 0) is 19.5 Å². The Bertz CT molecular complexity index is 68.9. The van der Waals surface area contributed by atoms with E-state index in [0.717, 1.165) is 0 Å².